The quantitative estimate of drug-likeness (QED) is 0.624. The van der Waals surface area contributed by atoms with Gasteiger partial charge in [0.1, 0.15) is 6.04 Å². The van der Waals surface area contributed by atoms with Crippen molar-refractivity contribution in [3.63, 3.8) is 0 Å². The number of rotatable bonds is 2. The molecule has 1 aliphatic heterocycles. The maximum Gasteiger partial charge on any atom is 0.186 e. The van der Waals surface area contributed by atoms with E-state index in [1.807, 2.05) is 53.5 Å². The monoisotopic (exact) mass is 415 g/mol. The van der Waals surface area contributed by atoms with Crippen molar-refractivity contribution in [2.45, 2.75) is 25.3 Å². The Morgan fingerprint density at radius 1 is 1.04 bits per heavy atom. The summed E-state index contributed by atoms with van der Waals surface area (Å²) in [4.78, 5) is 0. The second-order valence-electron chi connectivity index (χ2n) is 6.75. The zero-order valence-corrected chi connectivity index (χ0v) is 16.9. The molecule has 2 aromatic rings. The van der Waals surface area contributed by atoms with Crippen molar-refractivity contribution in [2.24, 2.45) is 5.73 Å². The van der Waals surface area contributed by atoms with Crippen LogP contribution in [0.25, 0.3) is 6.08 Å². The van der Waals surface area contributed by atoms with E-state index in [1.165, 1.54) is 11.1 Å². The number of hydrogen-bond donors (Lipinski definition) is 2. The molecule has 0 radical (unpaired) electrons. The predicted molar refractivity (Wildman–Crippen MR) is 116 cm³/mol. The molecule has 1 aliphatic carbocycles. The van der Waals surface area contributed by atoms with Crippen LogP contribution in [0.15, 0.2) is 65.4 Å². The minimum Gasteiger partial charge on any atom is -0.375 e. The maximum atomic E-state index is 6.07. The van der Waals surface area contributed by atoms with Crippen molar-refractivity contribution in [2.75, 3.05) is 0 Å². The van der Waals surface area contributed by atoms with Crippen LogP contribution in [0, 0.1) is 0 Å². The summed E-state index contributed by atoms with van der Waals surface area (Å²) in [7, 11) is 0. The Kier molecular flexibility index (Phi) is 5.13. The van der Waals surface area contributed by atoms with Crippen LogP contribution in [-0.4, -0.2) is 10.1 Å². The first kappa shape index (κ1) is 18.4. The summed E-state index contributed by atoms with van der Waals surface area (Å²) in [5.41, 5.74) is 15.4. The fourth-order valence-corrected chi connectivity index (χ4v) is 4.17. The van der Waals surface area contributed by atoms with Crippen molar-refractivity contribution in [3.8, 4) is 0 Å². The van der Waals surface area contributed by atoms with Gasteiger partial charge in [-0.2, -0.15) is 0 Å². The highest BCUT2D eigenvalue weighted by molar-refractivity contribution is 7.80. The number of benzene rings is 2. The molecule has 6 heteroatoms. The van der Waals surface area contributed by atoms with Crippen molar-refractivity contribution in [1.82, 2.24) is 10.4 Å². The van der Waals surface area contributed by atoms with Crippen molar-refractivity contribution >= 4 is 46.6 Å². The Balaban J connectivity index is 1.76. The molecule has 2 aromatic carbocycles. The number of nitrogens with two attached hydrogens (primary N) is 1. The molecule has 1 atom stereocenters. The normalized spacial score (nSPS) is 20.6. The molecule has 0 aromatic heterocycles. The summed E-state index contributed by atoms with van der Waals surface area (Å²) in [6, 6.07) is 15.7. The summed E-state index contributed by atoms with van der Waals surface area (Å²) in [6.07, 6.45) is 5.31. The highest BCUT2D eigenvalue weighted by atomic mass is 35.5. The number of hydrazine groups is 1. The van der Waals surface area contributed by atoms with Crippen LogP contribution in [0.1, 0.15) is 36.4 Å². The van der Waals surface area contributed by atoms with E-state index in [9.17, 15) is 0 Å². The average Bonchev–Trinajstić information content (AvgIpc) is 3.05. The first-order valence-electron chi connectivity index (χ1n) is 8.83. The summed E-state index contributed by atoms with van der Waals surface area (Å²) < 4.78 is 0. The Hall–Kier alpha value is -2.01. The Labute approximate surface area is 174 Å². The summed E-state index contributed by atoms with van der Waals surface area (Å²) in [5.74, 6) is 0. The van der Waals surface area contributed by atoms with Crippen molar-refractivity contribution in [1.29, 1.82) is 0 Å². The van der Waals surface area contributed by atoms with Gasteiger partial charge in [-0.15, -0.1) is 0 Å². The van der Waals surface area contributed by atoms with Crippen LogP contribution in [0.5, 0.6) is 0 Å². The van der Waals surface area contributed by atoms with Crippen LogP contribution in [0.4, 0.5) is 0 Å². The van der Waals surface area contributed by atoms with E-state index in [0.717, 1.165) is 41.1 Å². The minimum absolute atomic E-state index is 0.0105. The molecule has 1 heterocycles. The molecule has 3 nitrogen and oxygen atoms in total. The topological polar surface area (TPSA) is 41.3 Å². The van der Waals surface area contributed by atoms with Gasteiger partial charge in [0, 0.05) is 10.0 Å². The Bertz CT molecular complexity index is 933. The number of hydrogen-bond acceptors (Lipinski definition) is 2. The molecule has 4 rings (SSSR count). The average molecular weight is 416 g/mol. The second kappa shape index (κ2) is 7.55. The summed E-state index contributed by atoms with van der Waals surface area (Å²) >= 11 is 17.4. The predicted octanol–water partition coefficient (Wildman–Crippen LogP) is 5.62. The molecule has 0 amide bonds. The molecule has 0 spiro atoms. The fraction of sp³-hybridized carbons (Fsp3) is 0.190. The highest BCUT2D eigenvalue weighted by Gasteiger charge is 2.37. The van der Waals surface area contributed by atoms with E-state index in [0.29, 0.717) is 10.1 Å². The molecule has 27 heavy (non-hydrogen) atoms. The maximum absolute atomic E-state index is 6.07. The van der Waals surface area contributed by atoms with Crippen LogP contribution in [0.3, 0.4) is 0 Å². The van der Waals surface area contributed by atoms with Gasteiger partial charge in [0.05, 0.1) is 5.70 Å². The fourth-order valence-electron chi connectivity index (χ4n) is 3.77. The van der Waals surface area contributed by atoms with E-state index in [2.05, 4.69) is 11.5 Å². The van der Waals surface area contributed by atoms with Crippen LogP contribution in [0.2, 0.25) is 10.0 Å². The third-order valence-corrected chi connectivity index (χ3v) is 5.69. The van der Waals surface area contributed by atoms with E-state index in [-0.39, 0.29) is 6.04 Å². The molecule has 3 N–H and O–H groups in total. The number of thiocarbonyl (C=S) groups is 1. The summed E-state index contributed by atoms with van der Waals surface area (Å²) in [5, 5.41) is 3.66. The van der Waals surface area contributed by atoms with Crippen LogP contribution in [-0.2, 0) is 0 Å². The standard InChI is InChI=1S/C21H19Cl2N3S/c22-16-8-4-13(5-9-16)12-15-2-1-3-18-19(15)25-26(21(24)27)20(18)14-6-10-17(23)11-7-14/h4-12,20,25H,1-3H2,(H2,24,27)/b15-12-/t20-/m0/s1. The van der Waals surface area contributed by atoms with Gasteiger partial charge in [0.2, 0.25) is 0 Å². The lowest BCUT2D eigenvalue weighted by Crippen LogP contribution is -2.43. The van der Waals surface area contributed by atoms with Gasteiger partial charge in [0.15, 0.2) is 5.11 Å². The summed E-state index contributed by atoms with van der Waals surface area (Å²) in [6.45, 7) is 0. The molecule has 0 fully saturated rings. The van der Waals surface area contributed by atoms with Gasteiger partial charge in [-0.25, -0.2) is 0 Å². The molecule has 0 saturated carbocycles. The van der Waals surface area contributed by atoms with Crippen molar-refractivity contribution in [3.05, 3.63) is 86.5 Å². The molecule has 2 aliphatic rings. The van der Waals surface area contributed by atoms with Gasteiger partial charge in [-0.1, -0.05) is 47.5 Å². The van der Waals surface area contributed by atoms with Gasteiger partial charge < -0.3 is 5.73 Å². The van der Waals surface area contributed by atoms with Crippen LogP contribution < -0.4 is 11.2 Å². The smallest absolute Gasteiger partial charge is 0.186 e. The second-order valence-corrected chi connectivity index (χ2v) is 8.04. The third kappa shape index (κ3) is 3.70. The van der Waals surface area contributed by atoms with Crippen LogP contribution >= 0.6 is 35.4 Å². The zero-order chi connectivity index (χ0) is 19.0. The first-order valence-corrected chi connectivity index (χ1v) is 9.99. The highest BCUT2D eigenvalue weighted by Crippen LogP contribution is 2.43. The Morgan fingerprint density at radius 2 is 1.67 bits per heavy atom. The first-order chi connectivity index (χ1) is 13.0. The third-order valence-electron chi connectivity index (χ3n) is 4.99. The molecule has 0 bridgehead atoms. The number of halogens is 2. The van der Waals surface area contributed by atoms with Gasteiger partial charge in [-0.05, 0) is 84.1 Å². The molecule has 0 saturated heterocycles. The van der Waals surface area contributed by atoms with Gasteiger partial charge in [-0.3, -0.25) is 10.4 Å². The number of nitrogens with one attached hydrogen (secondary N) is 1. The largest absolute Gasteiger partial charge is 0.375 e. The van der Waals surface area contributed by atoms with Crippen molar-refractivity contribution < 1.29 is 0 Å². The molecule has 138 valence electrons. The van der Waals surface area contributed by atoms with Gasteiger partial charge in [0.25, 0.3) is 0 Å². The van der Waals surface area contributed by atoms with E-state index < -0.39 is 0 Å². The SMILES string of the molecule is NC(=S)N1NC2=C(CCC/C2=C/c2ccc(Cl)cc2)[C@@H]1c1ccc(Cl)cc1. The molecular weight excluding hydrogens is 397 g/mol. The van der Waals surface area contributed by atoms with E-state index >= 15 is 0 Å². The van der Waals surface area contributed by atoms with E-state index in [1.54, 1.807) is 0 Å². The minimum atomic E-state index is -0.0105. The lowest BCUT2D eigenvalue weighted by atomic mass is 9.86. The number of nitrogens with zero attached hydrogens (tertiary/aromatic N) is 1. The molecular formula is C21H19Cl2N3S. The van der Waals surface area contributed by atoms with Gasteiger partial charge >= 0.3 is 0 Å². The van der Waals surface area contributed by atoms with E-state index in [4.69, 9.17) is 41.2 Å². The lowest BCUT2D eigenvalue weighted by Gasteiger charge is -2.27. The zero-order valence-electron chi connectivity index (χ0n) is 14.6. The molecule has 0 unspecified atom stereocenters. The lowest BCUT2D eigenvalue weighted by molar-refractivity contribution is 0.326. The Morgan fingerprint density at radius 3 is 2.30 bits per heavy atom. The number of allylic oxidation sites excluding steroid dienone is 1.